The molecule has 0 aliphatic carbocycles. The van der Waals surface area contributed by atoms with Gasteiger partial charge >= 0.3 is 5.97 Å². The molecule has 1 atom stereocenters. The molecule has 1 aliphatic heterocycles. The first-order valence-electron chi connectivity index (χ1n) is 6.70. The normalized spacial score (nSPS) is 19.3. The van der Waals surface area contributed by atoms with E-state index in [4.69, 9.17) is 10.8 Å². The van der Waals surface area contributed by atoms with Gasteiger partial charge < -0.3 is 15.7 Å². The molecule has 1 rings (SSSR count). The van der Waals surface area contributed by atoms with E-state index in [0.717, 1.165) is 13.1 Å². The van der Waals surface area contributed by atoms with Crippen LogP contribution in [0.25, 0.3) is 0 Å². The van der Waals surface area contributed by atoms with Crippen molar-refractivity contribution in [3.8, 4) is 0 Å². The van der Waals surface area contributed by atoms with Gasteiger partial charge in [0.15, 0.2) is 0 Å². The Balaban J connectivity index is 2.41. The van der Waals surface area contributed by atoms with Crippen LogP contribution >= 0.6 is 0 Å². The molecule has 1 fully saturated rings. The number of hydrogen-bond acceptors (Lipinski definition) is 4. The molecule has 0 radical (unpaired) electrons. The molecule has 0 aromatic rings. The van der Waals surface area contributed by atoms with Crippen LogP contribution in [-0.4, -0.2) is 65.5 Å². The second-order valence-electron chi connectivity index (χ2n) is 6.15. The van der Waals surface area contributed by atoms with Gasteiger partial charge in [-0.2, -0.15) is 0 Å². The van der Waals surface area contributed by atoms with Gasteiger partial charge in [-0.25, -0.2) is 0 Å². The third-order valence-electron chi connectivity index (χ3n) is 3.52. The molecule has 1 heterocycles. The lowest BCUT2D eigenvalue weighted by Gasteiger charge is -2.38. The quantitative estimate of drug-likeness (QED) is 0.750. The highest BCUT2D eigenvalue weighted by molar-refractivity contribution is 5.82. The molecule has 0 saturated carbocycles. The third kappa shape index (κ3) is 4.80. The van der Waals surface area contributed by atoms with Gasteiger partial charge in [0.25, 0.3) is 0 Å². The molecule has 6 nitrogen and oxygen atoms in total. The fourth-order valence-electron chi connectivity index (χ4n) is 2.01. The van der Waals surface area contributed by atoms with E-state index in [1.807, 2.05) is 20.8 Å². The van der Waals surface area contributed by atoms with E-state index in [2.05, 4.69) is 4.90 Å². The fourth-order valence-corrected chi connectivity index (χ4v) is 2.01. The van der Waals surface area contributed by atoms with Crippen molar-refractivity contribution in [3.63, 3.8) is 0 Å². The summed E-state index contributed by atoms with van der Waals surface area (Å²) in [6.07, 6.45) is 0.148. The van der Waals surface area contributed by atoms with E-state index in [1.165, 1.54) is 0 Å². The Hall–Kier alpha value is -1.14. The fraction of sp³-hybridized carbons (Fsp3) is 0.846. The van der Waals surface area contributed by atoms with E-state index in [0.29, 0.717) is 19.6 Å². The van der Waals surface area contributed by atoms with E-state index in [-0.39, 0.29) is 17.7 Å². The van der Waals surface area contributed by atoms with Crippen LogP contribution in [0.3, 0.4) is 0 Å². The lowest BCUT2D eigenvalue weighted by atomic mass is 9.86. The second-order valence-corrected chi connectivity index (χ2v) is 6.15. The van der Waals surface area contributed by atoms with Crippen LogP contribution in [0.1, 0.15) is 27.2 Å². The van der Waals surface area contributed by atoms with Gasteiger partial charge in [0.05, 0.1) is 12.5 Å². The average Bonchev–Trinajstić information content (AvgIpc) is 2.34. The zero-order valence-electron chi connectivity index (χ0n) is 12.1. The maximum Gasteiger partial charge on any atom is 0.304 e. The Morgan fingerprint density at radius 3 is 2.16 bits per heavy atom. The predicted molar refractivity (Wildman–Crippen MR) is 72.7 cm³/mol. The average molecular weight is 271 g/mol. The number of carbonyl (C=O) groups excluding carboxylic acids is 1. The molecule has 3 N–H and O–H groups in total. The second kappa shape index (κ2) is 6.34. The van der Waals surface area contributed by atoms with Crippen LogP contribution in [0.4, 0.5) is 0 Å². The number of rotatable bonds is 4. The number of hydrogen-bond donors (Lipinski definition) is 2. The van der Waals surface area contributed by atoms with Gasteiger partial charge in [-0.05, 0) is 5.41 Å². The van der Waals surface area contributed by atoms with E-state index < -0.39 is 12.0 Å². The summed E-state index contributed by atoms with van der Waals surface area (Å²) in [5.41, 5.74) is 5.74. The highest BCUT2D eigenvalue weighted by atomic mass is 16.4. The highest BCUT2D eigenvalue weighted by Crippen LogP contribution is 2.19. The number of carboxylic acid groups (broad SMARTS) is 1. The summed E-state index contributed by atoms with van der Waals surface area (Å²) >= 11 is 0. The van der Waals surface area contributed by atoms with E-state index in [1.54, 1.807) is 4.90 Å². The first-order chi connectivity index (χ1) is 8.71. The van der Waals surface area contributed by atoms with Crippen molar-refractivity contribution in [3.05, 3.63) is 0 Å². The van der Waals surface area contributed by atoms with Crippen LogP contribution < -0.4 is 5.73 Å². The molecule has 19 heavy (non-hydrogen) atoms. The molecule has 0 spiro atoms. The monoisotopic (exact) mass is 271 g/mol. The van der Waals surface area contributed by atoms with Crippen molar-refractivity contribution in [2.75, 3.05) is 32.7 Å². The number of nitrogens with zero attached hydrogens (tertiary/aromatic N) is 2. The Bertz CT molecular complexity index is 331. The van der Waals surface area contributed by atoms with Gasteiger partial charge in [0.1, 0.15) is 0 Å². The molecule has 0 aromatic heterocycles. The van der Waals surface area contributed by atoms with Crippen molar-refractivity contribution in [1.82, 2.24) is 9.80 Å². The highest BCUT2D eigenvalue weighted by Gasteiger charge is 2.32. The lowest BCUT2D eigenvalue weighted by Crippen LogP contribution is -2.56. The van der Waals surface area contributed by atoms with E-state index in [9.17, 15) is 9.59 Å². The molecule has 0 aromatic carbocycles. The molecule has 6 heteroatoms. The molecular weight excluding hydrogens is 246 g/mol. The number of carbonyl (C=O) groups is 2. The van der Waals surface area contributed by atoms with E-state index >= 15 is 0 Å². The van der Waals surface area contributed by atoms with Crippen molar-refractivity contribution in [2.24, 2.45) is 11.1 Å². The lowest BCUT2D eigenvalue weighted by molar-refractivity contribution is -0.139. The summed E-state index contributed by atoms with van der Waals surface area (Å²) in [4.78, 5) is 26.6. The minimum Gasteiger partial charge on any atom is -0.481 e. The van der Waals surface area contributed by atoms with Crippen molar-refractivity contribution >= 4 is 11.9 Å². The van der Waals surface area contributed by atoms with Crippen LogP contribution in [0.5, 0.6) is 0 Å². The summed E-state index contributed by atoms with van der Waals surface area (Å²) in [5.74, 6) is -0.793. The minimum absolute atomic E-state index is 0.00890. The molecule has 1 amide bonds. The summed E-state index contributed by atoms with van der Waals surface area (Å²) in [6, 6.07) is -0.488. The van der Waals surface area contributed by atoms with Crippen molar-refractivity contribution in [1.29, 1.82) is 0 Å². The number of nitrogens with two attached hydrogens (primary N) is 1. The number of carboxylic acids is 1. The topological polar surface area (TPSA) is 86.9 Å². The molecule has 0 bridgehead atoms. The van der Waals surface area contributed by atoms with Crippen molar-refractivity contribution < 1.29 is 14.7 Å². The molecule has 110 valence electrons. The smallest absolute Gasteiger partial charge is 0.304 e. The van der Waals surface area contributed by atoms with Crippen LogP contribution in [0.15, 0.2) is 0 Å². The Labute approximate surface area is 114 Å². The van der Waals surface area contributed by atoms with Crippen LogP contribution in [0, 0.1) is 5.41 Å². The first-order valence-corrected chi connectivity index (χ1v) is 6.70. The maximum absolute atomic E-state index is 12.2. The van der Waals surface area contributed by atoms with Crippen LogP contribution in [-0.2, 0) is 9.59 Å². The zero-order chi connectivity index (χ0) is 14.6. The van der Waals surface area contributed by atoms with Gasteiger partial charge in [-0.3, -0.25) is 14.5 Å². The zero-order valence-corrected chi connectivity index (χ0v) is 12.1. The molecule has 1 aliphatic rings. The third-order valence-corrected chi connectivity index (χ3v) is 3.52. The summed E-state index contributed by atoms with van der Waals surface area (Å²) in [6.45, 7) is 9.11. The molecular formula is C13H25N3O3. The number of piperazine rings is 1. The van der Waals surface area contributed by atoms with Crippen LogP contribution in [0.2, 0.25) is 0 Å². The van der Waals surface area contributed by atoms with Crippen molar-refractivity contribution in [2.45, 2.75) is 33.2 Å². The maximum atomic E-state index is 12.2. The van der Waals surface area contributed by atoms with Gasteiger partial charge in [-0.15, -0.1) is 0 Å². The molecule has 1 saturated heterocycles. The Morgan fingerprint density at radius 1 is 1.21 bits per heavy atom. The summed E-state index contributed by atoms with van der Waals surface area (Å²) < 4.78 is 0. The number of amides is 1. The standard InChI is InChI=1S/C13H25N3O3/c1-13(2,3)11(14)12(19)16-8-6-15(7-9-16)5-4-10(17)18/h11H,4-9,14H2,1-3H3,(H,17,18). The predicted octanol–water partition coefficient (Wildman–Crippen LogP) is -0.0213. The van der Waals surface area contributed by atoms with Gasteiger partial charge in [0.2, 0.25) is 5.91 Å². The first kappa shape index (κ1) is 15.9. The number of aliphatic carboxylic acids is 1. The Kier molecular flexibility index (Phi) is 5.31. The van der Waals surface area contributed by atoms with Gasteiger partial charge in [0, 0.05) is 32.7 Å². The SMILES string of the molecule is CC(C)(C)C(N)C(=O)N1CCN(CCC(=O)O)CC1. The van der Waals surface area contributed by atoms with Gasteiger partial charge in [-0.1, -0.05) is 20.8 Å². The summed E-state index contributed by atoms with van der Waals surface area (Å²) in [7, 11) is 0. The minimum atomic E-state index is -0.784. The largest absolute Gasteiger partial charge is 0.481 e. The Morgan fingerprint density at radius 2 is 1.74 bits per heavy atom. The molecule has 1 unspecified atom stereocenters. The summed E-state index contributed by atoms with van der Waals surface area (Å²) in [5, 5.41) is 8.64.